The van der Waals surface area contributed by atoms with Gasteiger partial charge in [0.05, 0.1) is 7.11 Å². The molecule has 1 heterocycles. The first-order valence-electron chi connectivity index (χ1n) is 10.9. The van der Waals surface area contributed by atoms with Gasteiger partial charge >= 0.3 is 0 Å². The molecule has 4 heteroatoms. The Balaban J connectivity index is 1.26. The standard InChI is InChI=1S/C26H28N2O2/c1-30-22-12-11-20-6-4-8-25(24(20)18-22)27-13-15-28(16-14-27)26(29)17-21-10-9-19-5-2-3-7-23(19)21/h2-8,11-12,18,21H,9-10,13-17H2,1H3/t21-/m1/s1. The molecule has 0 N–H and O–H groups in total. The molecule has 0 bridgehead atoms. The molecule has 1 aliphatic carbocycles. The Hall–Kier alpha value is -3.01. The second kappa shape index (κ2) is 8.02. The van der Waals surface area contributed by atoms with Gasteiger partial charge in [-0.1, -0.05) is 42.5 Å². The summed E-state index contributed by atoms with van der Waals surface area (Å²) in [6.45, 7) is 3.30. The van der Waals surface area contributed by atoms with Crippen LogP contribution < -0.4 is 9.64 Å². The number of rotatable bonds is 4. The molecule has 30 heavy (non-hydrogen) atoms. The highest BCUT2D eigenvalue weighted by molar-refractivity contribution is 5.95. The van der Waals surface area contributed by atoms with Gasteiger partial charge in [-0.3, -0.25) is 4.79 Å². The van der Waals surface area contributed by atoms with Gasteiger partial charge in [-0.15, -0.1) is 0 Å². The molecule has 5 rings (SSSR count). The van der Waals surface area contributed by atoms with Gasteiger partial charge in [-0.05, 0) is 53.5 Å². The van der Waals surface area contributed by atoms with Crippen LogP contribution in [0.4, 0.5) is 5.69 Å². The normalized spacial score (nSPS) is 18.5. The molecule has 0 unspecified atom stereocenters. The number of piperazine rings is 1. The van der Waals surface area contributed by atoms with Gasteiger partial charge in [0.2, 0.25) is 5.91 Å². The SMILES string of the molecule is COc1ccc2cccc(N3CCN(C(=O)C[C@H]4CCc5ccccc54)CC3)c2c1. The van der Waals surface area contributed by atoms with Crippen molar-refractivity contribution in [2.24, 2.45) is 0 Å². The fraction of sp³-hybridized carbons (Fsp3) is 0.346. The third kappa shape index (κ3) is 3.51. The second-order valence-corrected chi connectivity index (χ2v) is 8.37. The van der Waals surface area contributed by atoms with Crippen molar-refractivity contribution >= 4 is 22.4 Å². The maximum atomic E-state index is 13.0. The largest absolute Gasteiger partial charge is 0.497 e. The summed E-state index contributed by atoms with van der Waals surface area (Å²) in [5.74, 6) is 1.56. The molecule has 2 aliphatic rings. The summed E-state index contributed by atoms with van der Waals surface area (Å²) in [4.78, 5) is 17.5. The molecule has 0 aromatic heterocycles. The highest BCUT2D eigenvalue weighted by Gasteiger charge is 2.28. The Morgan fingerprint density at radius 1 is 1.00 bits per heavy atom. The predicted octanol–water partition coefficient (Wildman–Crippen LogP) is 4.62. The highest BCUT2D eigenvalue weighted by atomic mass is 16.5. The summed E-state index contributed by atoms with van der Waals surface area (Å²) < 4.78 is 5.43. The summed E-state index contributed by atoms with van der Waals surface area (Å²) >= 11 is 0. The van der Waals surface area contributed by atoms with Crippen LogP contribution in [-0.2, 0) is 11.2 Å². The molecule has 0 radical (unpaired) electrons. The number of hydrogen-bond acceptors (Lipinski definition) is 3. The van der Waals surface area contributed by atoms with Gasteiger partial charge in [-0.2, -0.15) is 0 Å². The van der Waals surface area contributed by atoms with Crippen LogP contribution in [-0.4, -0.2) is 44.1 Å². The zero-order valence-corrected chi connectivity index (χ0v) is 17.5. The number of ether oxygens (including phenoxy) is 1. The van der Waals surface area contributed by atoms with Crippen LogP contribution in [0.5, 0.6) is 5.75 Å². The summed E-state index contributed by atoms with van der Waals surface area (Å²) in [5, 5.41) is 2.42. The van der Waals surface area contributed by atoms with Crippen LogP contribution in [0.15, 0.2) is 60.7 Å². The van der Waals surface area contributed by atoms with E-state index in [4.69, 9.17) is 4.74 Å². The second-order valence-electron chi connectivity index (χ2n) is 8.37. The summed E-state index contributed by atoms with van der Waals surface area (Å²) in [6.07, 6.45) is 2.85. The van der Waals surface area contributed by atoms with E-state index in [1.807, 2.05) is 6.07 Å². The molecule has 1 fully saturated rings. The van der Waals surface area contributed by atoms with Crippen LogP contribution in [0.25, 0.3) is 10.8 Å². The van der Waals surface area contributed by atoms with Gasteiger partial charge < -0.3 is 14.5 Å². The molecule has 0 spiro atoms. The quantitative estimate of drug-likeness (QED) is 0.641. The van der Waals surface area contributed by atoms with Crippen molar-refractivity contribution in [2.75, 3.05) is 38.2 Å². The molecule has 1 amide bonds. The van der Waals surface area contributed by atoms with E-state index in [0.717, 1.165) is 44.8 Å². The van der Waals surface area contributed by atoms with Crippen LogP contribution >= 0.6 is 0 Å². The minimum atomic E-state index is 0.302. The van der Waals surface area contributed by atoms with Crippen molar-refractivity contribution in [1.29, 1.82) is 0 Å². The monoisotopic (exact) mass is 400 g/mol. The maximum absolute atomic E-state index is 13.0. The number of benzene rings is 3. The lowest BCUT2D eigenvalue weighted by Crippen LogP contribution is -2.49. The van der Waals surface area contributed by atoms with Crippen LogP contribution in [0.3, 0.4) is 0 Å². The number of amides is 1. The molecular formula is C26H28N2O2. The first kappa shape index (κ1) is 19.0. The lowest BCUT2D eigenvalue weighted by Gasteiger charge is -2.37. The third-order valence-electron chi connectivity index (χ3n) is 6.72. The van der Waals surface area contributed by atoms with Gasteiger partial charge in [0.1, 0.15) is 5.75 Å². The van der Waals surface area contributed by atoms with E-state index in [1.165, 1.54) is 27.6 Å². The molecule has 154 valence electrons. The maximum Gasteiger partial charge on any atom is 0.223 e. The molecular weight excluding hydrogens is 372 g/mol. The Kier molecular flexibility index (Phi) is 5.07. The van der Waals surface area contributed by atoms with E-state index in [9.17, 15) is 4.79 Å². The Labute approximate surface area is 178 Å². The first-order valence-corrected chi connectivity index (χ1v) is 10.9. The van der Waals surface area contributed by atoms with Crippen molar-refractivity contribution in [2.45, 2.75) is 25.2 Å². The van der Waals surface area contributed by atoms with Crippen LogP contribution in [0.1, 0.15) is 29.9 Å². The smallest absolute Gasteiger partial charge is 0.223 e. The summed E-state index contributed by atoms with van der Waals surface area (Å²) in [5.41, 5.74) is 4.03. The van der Waals surface area contributed by atoms with E-state index in [2.05, 4.69) is 64.4 Å². The molecule has 0 saturated carbocycles. The van der Waals surface area contributed by atoms with E-state index in [0.29, 0.717) is 18.2 Å². The topological polar surface area (TPSA) is 32.8 Å². The lowest BCUT2D eigenvalue weighted by molar-refractivity contribution is -0.131. The van der Waals surface area contributed by atoms with E-state index < -0.39 is 0 Å². The minimum Gasteiger partial charge on any atom is -0.497 e. The number of hydrogen-bond donors (Lipinski definition) is 0. The van der Waals surface area contributed by atoms with Gasteiger partial charge in [0.15, 0.2) is 0 Å². The number of carbonyl (C=O) groups excluding carboxylic acids is 1. The Bertz CT molecular complexity index is 1070. The van der Waals surface area contributed by atoms with E-state index >= 15 is 0 Å². The number of carbonyl (C=O) groups is 1. The fourth-order valence-corrected chi connectivity index (χ4v) is 5.03. The minimum absolute atomic E-state index is 0.302. The van der Waals surface area contributed by atoms with Crippen molar-refractivity contribution in [3.63, 3.8) is 0 Å². The van der Waals surface area contributed by atoms with Crippen molar-refractivity contribution in [3.8, 4) is 5.75 Å². The van der Waals surface area contributed by atoms with Crippen LogP contribution in [0.2, 0.25) is 0 Å². The molecule has 1 atom stereocenters. The zero-order chi connectivity index (χ0) is 20.5. The number of fused-ring (bicyclic) bond motifs is 2. The van der Waals surface area contributed by atoms with Crippen molar-refractivity contribution in [3.05, 3.63) is 71.8 Å². The third-order valence-corrected chi connectivity index (χ3v) is 6.72. The Morgan fingerprint density at radius 2 is 1.83 bits per heavy atom. The van der Waals surface area contributed by atoms with Gasteiger partial charge in [0, 0.05) is 43.7 Å². The van der Waals surface area contributed by atoms with Crippen LogP contribution in [0, 0.1) is 0 Å². The van der Waals surface area contributed by atoms with Crippen molar-refractivity contribution < 1.29 is 9.53 Å². The molecule has 1 aliphatic heterocycles. The van der Waals surface area contributed by atoms with E-state index in [-0.39, 0.29) is 0 Å². The number of nitrogens with zero attached hydrogens (tertiary/aromatic N) is 2. The number of aryl methyl sites for hydroxylation is 1. The fourth-order valence-electron chi connectivity index (χ4n) is 5.03. The summed E-state index contributed by atoms with van der Waals surface area (Å²) in [7, 11) is 1.71. The molecule has 1 saturated heterocycles. The lowest BCUT2D eigenvalue weighted by atomic mass is 9.97. The average molecular weight is 401 g/mol. The summed E-state index contributed by atoms with van der Waals surface area (Å²) in [6, 6.07) is 21.3. The van der Waals surface area contributed by atoms with E-state index in [1.54, 1.807) is 7.11 Å². The van der Waals surface area contributed by atoms with Gasteiger partial charge in [0.25, 0.3) is 0 Å². The average Bonchev–Trinajstić information content (AvgIpc) is 3.21. The van der Waals surface area contributed by atoms with Crippen molar-refractivity contribution in [1.82, 2.24) is 4.90 Å². The number of anilines is 1. The highest BCUT2D eigenvalue weighted by Crippen LogP contribution is 2.36. The number of methoxy groups -OCH3 is 1. The predicted molar refractivity (Wildman–Crippen MR) is 121 cm³/mol. The van der Waals surface area contributed by atoms with Gasteiger partial charge in [-0.25, -0.2) is 0 Å². The molecule has 3 aromatic carbocycles. The molecule has 4 nitrogen and oxygen atoms in total. The first-order chi connectivity index (χ1) is 14.7. The Morgan fingerprint density at radius 3 is 2.67 bits per heavy atom. The zero-order valence-electron chi connectivity index (χ0n) is 17.5. The molecule has 3 aromatic rings.